The quantitative estimate of drug-likeness (QED) is 0.362. The van der Waals surface area contributed by atoms with Gasteiger partial charge in [0.05, 0.1) is 18.6 Å². The molecular formula is C28H27F3O3. The van der Waals surface area contributed by atoms with Crippen LogP contribution in [0, 0.1) is 5.92 Å². The lowest BCUT2D eigenvalue weighted by Gasteiger charge is -2.42. The van der Waals surface area contributed by atoms with Gasteiger partial charge in [-0.3, -0.25) is 0 Å². The Kier molecular flexibility index (Phi) is 6.96. The molecule has 1 aliphatic rings. The largest absolute Gasteiger partial charge is 0.489 e. The minimum absolute atomic E-state index is 0.0640. The maximum Gasteiger partial charge on any atom is 0.391 e. The second-order valence-electron chi connectivity index (χ2n) is 8.77. The molecule has 1 aliphatic carbocycles. The van der Waals surface area contributed by atoms with E-state index in [1.165, 1.54) is 7.11 Å². The van der Waals surface area contributed by atoms with Gasteiger partial charge in [-0.25, -0.2) is 4.79 Å². The molecule has 0 aliphatic heterocycles. The average Bonchev–Trinajstić information content (AvgIpc) is 2.87. The fraction of sp³-hybridized carbons (Fsp3) is 0.321. The van der Waals surface area contributed by atoms with Crippen LogP contribution < -0.4 is 4.74 Å². The number of ether oxygens (including phenoxy) is 2. The number of carbonyl (C=O) groups is 1. The van der Waals surface area contributed by atoms with E-state index in [1.807, 2.05) is 66.7 Å². The van der Waals surface area contributed by atoms with Crippen LogP contribution in [0.2, 0.25) is 0 Å². The Bertz CT molecular complexity index is 1080. The van der Waals surface area contributed by atoms with Crippen LogP contribution in [0.5, 0.6) is 5.75 Å². The third-order valence-electron chi connectivity index (χ3n) is 6.82. The number of hydrogen-bond acceptors (Lipinski definition) is 3. The summed E-state index contributed by atoms with van der Waals surface area (Å²) in [5.74, 6) is -1.03. The Hall–Kier alpha value is -3.28. The lowest BCUT2D eigenvalue weighted by molar-refractivity contribution is -0.184. The molecule has 0 N–H and O–H groups in total. The molecule has 0 bridgehead atoms. The van der Waals surface area contributed by atoms with Crippen molar-refractivity contribution in [1.29, 1.82) is 0 Å². The lowest BCUT2D eigenvalue weighted by Crippen LogP contribution is -2.37. The maximum atomic E-state index is 13.4. The molecule has 0 unspecified atom stereocenters. The van der Waals surface area contributed by atoms with Gasteiger partial charge in [-0.15, -0.1) is 0 Å². The van der Waals surface area contributed by atoms with E-state index in [1.54, 1.807) is 12.1 Å². The van der Waals surface area contributed by atoms with Gasteiger partial charge in [0.15, 0.2) is 0 Å². The van der Waals surface area contributed by atoms with Gasteiger partial charge in [0, 0.05) is 5.41 Å². The topological polar surface area (TPSA) is 35.5 Å². The normalized spacial score (nSPS) is 20.5. The predicted octanol–water partition coefficient (Wildman–Crippen LogP) is 7.09. The number of methoxy groups -OCH3 is 1. The predicted molar refractivity (Wildman–Crippen MR) is 124 cm³/mol. The monoisotopic (exact) mass is 468 g/mol. The van der Waals surface area contributed by atoms with Gasteiger partial charge >= 0.3 is 12.1 Å². The average molecular weight is 469 g/mol. The molecular weight excluding hydrogens is 441 g/mol. The van der Waals surface area contributed by atoms with Crippen molar-refractivity contribution in [1.82, 2.24) is 0 Å². The molecule has 0 heterocycles. The van der Waals surface area contributed by atoms with Crippen LogP contribution in [-0.4, -0.2) is 19.3 Å². The van der Waals surface area contributed by atoms with Crippen LogP contribution in [0.1, 0.15) is 52.7 Å². The molecule has 6 heteroatoms. The smallest absolute Gasteiger partial charge is 0.391 e. The van der Waals surface area contributed by atoms with E-state index in [0.717, 1.165) is 16.7 Å². The highest BCUT2D eigenvalue weighted by Crippen LogP contribution is 2.50. The van der Waals surface area contributed by atoms with Crippen LogP contribution in [-0.2, 0) is 16.8 Å². The number of rotatable bonds is 6. The minimum atomic E-state index is -4.18. The zero-order valence-corrected chi connectivity index (χ0v) is 19.0. The number of halogens is 3. The molecule has 0 aromatic heterocycles. The van der Waals surface area contributed by atoms with E-state index in [2.05, 4.69) is 0 Å². The van der Waals surface area contributed by atoms with Gasteiger partial charge in [0.2, 0.25) is 0 Å². The molecule has 34 heavy (non-hydrogen) atoms. The van der Waals surface area contributed by atoms with E-state index in [0.29, 0.717) is 30.8 Å². The van der Waals surface area contributed by atoms with Gasteiger partial charge in [-0.2, -0.15) is 13.2 Å². The highest BCUT2D eigenvalue weighted by atomic mass is 19.4. The Balaban J connectivity index is 1.60. The van der Waals surface area contributed by atoms with E-state index in [4.69, 9.17) is 9.47 Å². The minimum Gasteiger partial charge on any atom is -0.489 e. The van der Waals surface area contributed by atoms with Crippen LogP contribution in [0.4, 0.5) is 13.2 Å². The van der Waals surface area contributed by atoms with Gasteiger partial charge in [0.25, 0.3) is 0 Å². The van der Waals surface area contributed by atoms with Crippen molar-refractivity contribution in [3.05, 3.63) is 101 Å². The zero-order chi connectivity index (χ0) is 24.2. The van der Waals surface area contributed by atoms with Crippen LogP contribution in [0.25, 0.3) is 0 Å². The van der Waals surface area contributed by atoms with Crippen LogP contribution in [0.15, 0.2) is 78.9 Å². The van der Waals surface area contributed by atoms with Crippen LogP contribution in [0.3, 0.4) is 0 Å². The Morgan fingerprint density at radius 1 is 0.882 bits per heavy atom. The van der Waals surface area contributed by atoms with Crippen molar-refractivity contribution in [2.75, 3.05) is 7.11 Å². The van der Waals surface area contributed by atoms with Gasteiger partial charge in [-0.05, 0) is 66.6 Å². The van der Waals surface area contributed by atoms with Gasteiger partial charge < -0.3 is 9.47 Å². The van der Waals surface area contributed by atoms with Crippen molar-refractivity contribution in [2.24, 2.45) is 5.92 Å². The summed E-state index contributed by atoms with van der Waals surface area (Å²) >= 11 is 0. The number of esters is 1. The van der Waals surface area contributed by atoms with Crippen LogP contribution >= 0.6 is 0 Å². The number of hydrogen-bond donors (Lipinski definition) is 0. The summed E-state index contributed by atoms with van der Waals surface area (Å²) in [6, 6.07) is 24.5. The Morgan fingerprint density at radius 3 is 1.97 bits per heavy atom. The first-order valence-corrected chi connectivity index (χ1v) is 11.3. The molecule has 3 nitrogen and oxygen atoms in total. The molecule has 4 rings (SSSR count). The van der Waals surface area contributed by atoms with Gasteiger partial charge in [-0.1, -0.05) is 54.6 Å². The molecule has 3 aromatic rings. The van der Waals surface area contributed by atoms with Crippen molar-refractivity contribution in [3.63, 3.8) is 0 Å². The molecule has 0 spiro atoms. The summed E-state index contributed by atoms with van der Waals surface area (Å²) in [5, 5.41) is 0. The Morgan fingerprint density at radius 2 is 1.44 bits per heavy atom. The zero-order valence-electron chi connectivity index (χ0n) is 19.0. The molecule has 0 radical (unpaired) electrons. The Labute approximate surface area is 197 Å². The SMILES string of the molecule is COC(=O)c1ccc(C2(c3ccc(OCc4ccccc4)cc3)CCC(C(F)(F)F)CC2)cc1. The van der Waals surface area contributed by atoms with Crippen molar-refractivity contribution in [2.45, 2.75) is 43.9 Å². The summed E-state index contributed by atoms with van der Waals surface area (Å²) in [5.41, 5.74) is 2.76. The fourth-order valence-corrected chi connectivity index (χ4v) is 4.84. The summed E-state index contributed by atoms with van der Waals surface area (Å²) in [7, 11) is 1.32. The third kappa shape index (κ3) is 5.11. The summed E-state index contributed by atoms with van der Waals surface area (Å²) in [4.78, 5) is 11.8. The molecule has 3 aromatic carbocycles. The first-order chi connectivity index (χ1) is 16.3. The lowest BCUT2D eigenvalue weighted by atomic mass is 9.63. The third-order valence-corrected chi connectivity index (χ3v) is 6.82. The molecule has 178 valence electrons. The number of benzene rings is 3. The van der Waals surface area contributed by atoms with Crippen molar-refractivity contribution < 1.29 is 27.4 Å². The second-order valence-corrected chi connectivity index (χ2v) is 8.77. The molecule has 0 amide bonds. The van der Waals surface area contributed by atoms with E-state index in [-0.39, 0.29) is 12.8 Å². The van der Waals surface area contributed by atoms with E-state index in [9.17, 15) is 18.0 Å². The van der Waals surface area contributed by atoms with Gasteiger partial charge in [0.1, 0.15) is 12.4 Å². The van der Waals surface area contributed by atoms with E-state index < -0.39 is 23.5 Å². The maximum absolute atomic E-state index is 13.4. The van der Waals surface area contributed by atoms with Crippen molar-refractivity contribution >= 4 is 5.97 Å². The van der Waals surface area contributed by atoms with E-state index >= 15 is 0 Å². The molecule has 0 saturated heterocycles. The highest BCUT2D eigenvalue weighted by Gasteiger charge is 2.47. The number of carbonyl (C=O) groups excluding carboxylic acids is 1. The summed E-state index contributed by atoms with van der Waals surface area (Å²) in [6.07, 6.45) is -3.31. The standard InChI is InChI=1S/C28H27F3O3/c1-33-26(32)21-7-9-22(10-8-21)27(17-15-24(16-18-27)28(29,30)31)23-11-13-25(14-12-23)34-19-20-5-3-2-4-6-20/h2-14,24H,15-19H2,1H3. The highest BCUT2D eigenvalue weighted by molar-refractivity contribution is 5.89. The summed E-state index contributed by atoms with van der Waals surface area (Å²) < 4.78 is 50.8. The van der Waals surface area contributed by atoms with Crippen molar-refractivity contribution in [3.8, 4) is 5.75 Å². The second kappa shape index (κ2) is 9.92. The molecule has 0 atom stereocenters. The summed E-state index contributed by atoms with van der Waals surface area (Å²) in [6.45, 7) is 0.438. The molecule has 1 fully saturated rings. The fourth-order valence-electron chi connectivity index (χ4n) is 4.84. The number of alkyl halides is 3. The first kappa shape index (κ1) is 23.9. The molecule has 1 saturated carbocycles. The first-order valence-electron chi connectivity index (χ1n) is 11.3.